The van der Waals surface area contributed by atoms with Crippen LogP contribution in [0.2, 0.25) is 0 Å². The van der Waals surface area contributed by atoms with E-state index < -0.39 is 15.8 Å². The molecule has 0 radical (unpaired) electrons. The van der Waals surface area contributed by atoms with E-state index >= 15 is 0 Å². The van der Waals surface area contributed by atoms with Crippen molar-refractivity contribution in [1.29, 1.82) is 0 Å². The lowest BCUT2D eigenvalue weighted by Crippen LogP contribution is -2.21. The number of hydrazone groups is 1. The third-order valence-corrected chi connectivity index (χ3v) is 4.87. The molecule has 0 atom stereocenters. The van der Waals surface area contributed by atoms with E-state index in [0.29, 0.717) is 5.56 Å². The summed E-state index contributed by atoms with van der Waals surface area (Å²) in [5.74, 6) is -0.276. The molecule has 0 fully saturated rings. The number of sulfonamides is 1. The van der Waals surface area contributed by atoms with E-state index in [1.54, 1.807) is 12.1 Å². The van der Waals surface area contributed by atoms with Crippen molar-refractivity contribution in [3.8, 4) is 11.5 Å². The number of halogens is 1. The summed E-state index contributed by atoms with van der Waals surface area (Å²) in [5, 5.41) is 15.0. The Morgan fingerprint density at radius 1 is 1.28 bits per heavy atom. The Morgan fingerprint density at radius 3 is 2.76 bits per heavy atom. The summed E-state index contributed by atoms with van der Waals surface area (Å²) in [6.45, 7) is 0. The Balaban J connectivity index is 1.91. The highest BCUT2D eigenvalue weighted by atomic mass is 32.2. The molecule has 2 aromatic rings. The zero-order chi connectivity index (χ0) is 18.2. The van der Waals surface area contributed by atoms with Crippen LogP contribution in [-0.2, 0) is 10.0 Å². The first-order valence-corrected chi connectivity index (χ1v) is 8.55. The molecule has 0 saturated heterocycles. The molecule has 1 heterocycles. The number of aromatic hydroxyl groups is 1. The summed E-state index contributed by atoms with van der Waals surface area (Å²) in [7, 11) is -0.987. The minimum Gasteiger partial charge on any atom is -0.504 e. The number of benzene rings is 2. The number of phenols is 1. The number of methoxy groups -OCH3 is 1. The summed E-state index contributed by atoms with van der Waals surface area (Å²) in [6.07, 6.45) is 1.46. The van der Waals surface area contributed by atoms with Gasteiger partial charge in [0.25, 0.3) is 10.0 Å². The van der Waals surface area contributed by atoms with Gasteiger partial charge in [-0.1, -0.05) is 0 Å². The van der Waals surface area contributed by atoms with Crippen LogP contribution in [0.5, 0.6) is 11.5 Å². The number of ether oxygens (including phenoxy) is 1. The van der Waals surface area contributed by atoms with Gasteiger partial charge in [0.1, 0.15) is 10.7 Å². The van der Waals surface area contributed by atoms with Crippen molar-refractivity contribution in [2.24, 2.45) is 9.50 Å². The smallest absolute Gasteiger partial charge is 0.285 e. The fourth-order valence-corrected chi connectivity index (χ4v) is 3.56. The summed E-state index contributed by atoms with van der Waals surface area (Å²) in [4.78, 5) is -0.184. The number of hydrogen-bond donors (Lipinski definition) is 1. The SMILES string of the molecule is COc1cc(C=NN(C)C2=NS(=O)(=O)c3cc(F)ccc32)ccc1O. The fourth-order valence-electron chi connectivity index (χ4n) is 2.32. The molecule has 7 nitrogen and oxygen atoms in total. The second-order valence-electron chi connectivity index (χ2n) is 5.23. The minimum absolute atomic E-state index is 0.00443. The maximum Gasteiger partial charge on any atom is 0.285 e. The molecule has 0 amide bonds. The van der Waals surface area contributed by atoms with Gasteiger partial charge in [-0.05, 0) is 42.0 Å². The van der Waals surface area contributed by atoms with Crippen LogP contribution in [0, 0.1) is 5.82 Å². The molecule has 2 aromatic carbocycles. The molecule has 0 aromatic heterocycles. The molecular weight excluding hydrogens is 349 g/mol. The zero-order valence-electron chi connectivity index (χ0n) is 13.3. The van der Waals surface area contributed by atoms with Crippen molar-refractivity contribution in [3.05, 3.63) is 53.3 Å². The molecule has 0 unspecified atom stereocenters. The van der Waals surface area contributed by atoms with E-state index in [4.69, 9.17) is 4.74 Å². The van der Waals surface area contributed by atoms with Gasteiger partial charge in [-0.2, -0.15) is 13.5 Å². The lowest BCUT2D eigenvalue weighted by Gasteiger charge is -2.12. The molecule has 0 spiro atoms. The highest BCUT2D eigenvalue weighted by Crippen LogP contribution is 2.28. The number of fused-ring (bicyclic) bond motifs is 1. The number of rotatable bonds is 3. The Labute approximate surface area is 143 Å². The Morgan fingerprint density at radius 2 is 2.04 bits per heavy atom. The largest absolute Gasteiger partial charge is 0.504 e. The number of phenolic OH excluding ortho intramolecular Hbond substituents is 1. The summed E-state index contributed by atoms with van der Waals surface area (Å²) >= 11 is 0. The van der Waals surface area contributed by atoms with Crippen LogP contribution in [0.1, 0.15) is 11.1 Å². The van der Waals surface area contributed by atoms with Crippen molar-refractivity contribution < 1.29 is 22.7 Å². The van der Waals surface area contributed by atoms with Gasteiger partial charge in [0.2, 0.25) is 0 Å². The van der Waals surface area contributed by atoms with Crippen LogP contribution < -0.4 is 4.74 Å². The molecule has 9 heteroatoms. The molecule has 1 N–H and O–H groups in total. The van der Waals surface area contributed by atoms with Crippen LogP contribution in [-0.4, -0.2) is 44.7 Å². The van der Waals surface area contributed by atoms with Crippen LogP contribution in [0.4, 0.5) is 4.39 Å². The van der Waals surface area contributed by atoms with Gasteiger partial charge in [-0.25, -0.2) is 9.40 Å². The van der Waals surface area contributed by atoms with Crippen molar-refractivity contribution in [2.75, 3.05) is 14.2 Å². The summed E-state index contributed by atoms with van der Waals surface area (Å²) < 4.78 is 46.1. The predicted molar refractivity (Wildman–Crippen MR) is 90.1 cm³/mol. The number of amidine groups is 1. The van der Waals surface area contributed by atoms with Gasteiger partial charge in [-0.3, -0.25) is 0 Å². The molecule has 0 aliphatic carbocycles. The van der Waals surface area contributed by atoms with E-state index in [1.807, 2.05) is 0 Å². The molecular formula is C16H14FN3O4S. The van der Waals surface area contributed by atoms with Gasteiger partial charge in [0, 0.05) is 12.6 Å². The third kappa shape index (κ3) is 3.18. The van der Waals surface area contributed by atoms with Gasteiger partial charge >= 0.3 is 0 Å². The standard InChI is InChI=1S/C16H14FN3O4S/c1-20(18-9-10-3-6-13(21)14(7-10)24-2)16-12-5-4-11(17)8-15(12)25(22,23)19-16/h3-9,21H,1-2H3. The van der Waals surface area contributed by atoms with Crippen molar-refractivity contribution in [2.45, 2.75) is 4.90 Å². The second-order valence-corrected chi connectivity index (χ2v) is 6.80. The maximum atomic E-state index is 13.3. The van der Waals surface area contributed by atoms with E-state index in [0.717, 1.165) is 12.1 Å². The summed E-state index contributed by atoms with van der Waals surface area (Å²) in [6, 6.07) is 8.09. The monoisotopic (exact) mass is 363 g/mol. The van der Waals surface area contributed by atoms with E-state index in [2.05, 4.69) is 9.50 Å². The topological polar surface area (TPSA) is 91.6 Å². The second kappa shape index (κ2) is 6.17. The first kappa shape index (κ1) is 16.9. The molecule has 1 aliphatic heterocycles. The van der Waals surface area contributed by atoms with Crippen LogP contribution >= 0.6 is 0 Å². The van der Waals surface area contributed by atoms with Crippen molar-refractivity contribution in [1.82, 2.24) is 5.01 Å². The van der Waals surface area contributed by atoms with Gasteiger partial charge < -0.3 is 9.84 Å². The van der Waals surface area contributed by atoms with Crippen molar-refractivity contribution in [3.63, 3.8) is 0 Å². The Bertz CT molecular complexity index is 1000. The average molecular weight is 363 g/mol. The highest BCUT2D eigenvalue weighted by molar-refractivity contribution is 7.90. The normalized spacial score (nSPS) is 15.1. The molecule has 0 bridgehead atoms. The Hall–Kier alpha value is -2.94. The van der Waals surface area contributed by atoms with E-state index in [-0.39, 0.29) is 27.8 Å². The average Bonchev–Trinajstić information content (AvgIpc) is 2.85. The molecule has 0 saturated carbocycles. The zero-order valence-corrected chi connectivity index (χ0v) is 14.2. The quantitative estimate of drug-likeness (QED) is 0.665. The van der Waals surface area contributed by atoms with E-state index in [9.17, 15) is 17.9 Å². The minimum atomic E-state index is -3.94. The number of nitrogens with zero attached hydrogens (tertiary/aromatic N) is 3. The predicted octanol–water partition coefficient (Wildman–Crippen LogP) is 1.95. The first-order chi connectivity index (χ1) is 11.8. The fraction of sp³-hybridized carbons (Fsp3) is 0.125. The third-order valence-electron chi connectivity index (χ3n) is 3.56. The van der Waals surface area contributed by atoms with Gasteiger partial charge in [0.05, 0.1) is 13.3 Å². The lowest BCUT2D eigenvalue weighted by molar-refractivity contribution is 0.373. The van der Waals surface area contributed by atoms with Crippen LogP contribution in [0.15, 0.2) is 50.8 Å². The number of hydrogen-bond acceptors (Lipinski definition) is 6. The van der Waals surface area contributed by atoms with Gasteiger partial charge in [-0.15, -0.1) is 4.40 Å². The van der Waals surface area contributed by atoms with Crippen LogP contribution in [0.25, 0.3) is 0 Å². The molecule has 130 valence electrons. The summed E-state index contributed by atoms with van der Waals surface area (Å²) in [5.41, 5.74) is 0.909. The van der Waals surface area contributed by atoms with Gasteiger partial charge in [0.15, 0.2) is 17.3 Å². The van der Waals surface area contributed by atoms with Crippen molar-refractivity contribution >= 4 is 22.1 Å². The highest BCUT2D eigenvalue weighted by Gasteiger charge is 2.31. The molecule has 1 aliphatic rings. The molecule has 3 rings (SSSR count). The van der Waals surface area contributed by atoms with E-state index in [1.165, 1.54) is 37.5 Å². The first-order valence-electron chi connectivity index (χ1n) is 7.11. The maximum absolute atomic E-state index is 13.3. The lowest BCUT2D eigenvalue weighted by atomic mass is 10.2. The Kier molecular flexibility index (Phi) is 4.17. The molecule has 25 heavy (non-hydrogen) atoms. The van der Waals surface area contributed by atoms with Crippen LogP contribution in [0.3, 0.4) is 0 Å².